The highest BCUT2D eigenvalue weighted by atomic mass is 35.5. The number of carboxylic acids is 2. The van der Waals surface area contributed by atoms with E-state index >= 15 is 0 Å². The van der Waals surface area contributed by atoms with Crippen LogP contribution in [0.15, 0.2) is 30.4 Å². The number of hydrogen-bond donors (Lipinski definition) is 3. The zero-order valence-electron chi connectivity index (χ0n) is 13.3. The molecule has 2 rings (SSSR count). The number of benzene rings is 1. The number of morpholine rings is 1. The fourth-order valence-electron chi connectivity index (χ4n) is 1.81. The molecule has 0 saturated carbocycles. The topological polar surface area (TPSA) is 105 Å². The van der Waals surface area contributed by atoms with Gasteiger partial charge in [0, 0.05) is 35.3 Å². The lowest BCUT2D eigenvalue weighted by atomic mass is 10.2. The zero-order chi connectivity index (χ0) is 18.7. The van der Waals surface area contributed by atoms with E-state index in [0.717, 1.165) is 25.3 Å². The molecule has 0 amide bonds. The predicted octanol–water partition coefficient (Wildman–Crippen LogP) is 2.21. The molecule has 0 aromatic heterocycles. The van der Waals surface area contributed by atoms with Crippen molar-refractivity contribution in [3.8, 4) is 0 Å². The summed E-state index contributed by atoms with van der Waals surface area (Å²) in [5.74, 6) is -2.51. The van der Waals surface area contributed by atoms with Gasteiger partial charge in [-0.05, 0) is 17.7 Å². The van der Waals surface area contributed by atoms with E-state index < -0.39 is 11.9 Å². The average Bonchev–Trinajstić information content (AvgIpc) is 2.56. The van der Waals surface area contributed by atoms with Crippen molar-refractivity contribution in [1.29, 1.82) is 0 Å². The fraction of sp³-hybridized carbons (Fsp3) is 0.375. The van der Waals surface area contributed by atoms with Crippen molar-refractivity contribution in [2.24, 2.45) is 0 Å². The van der Waals surface area contributed by atoms with Gasteiger partial charge >= 0.3 is 11.9 Å². The first-order valence-electron chi connectivity index (χ1n) is 7.36. The number of carbonyl (C=O) groups is 2. The van der Waals surface area contributed by atoms with Gasteiger partial charge in [0.1, 0.15) is 0 Å². The predicted molar refractivity (Wildman–Crippen MR) is 93.1 cm³/mol. The average molecular weight is 392 g/mol. The molecule has 0 spiro atoms. The molecule has 1 aromatic carbocycles. The monoisotopic (exact) mass is 391 g/mol. The number of ether oxygens (including phenoxy) is 2. The lowest BCUT2D eigenvalue weighted by molar-refractivity contribution is -0.134. The molecule has 1 unspecified atom stereocenters. The second-order valence-electron chi connectivity index (χ2n) is 4.96. The molecule has 25 heavy (non-hydrogen) atoms. The number of aliphatic carboxylic acids is 2. The van der Waals surface area contributed by atoms with Crippen LogP contribution in [0.25, 0.3) is 0 Å². The van der Waals surface area contributed by atoms with Crippen LogP contribution < -0.4 is 5.32 Å². The van der Waals surface area contributed by atoms with Crippen molar-refractivity contribution in [2.45, 2.75) is 12.7 Å². The van der Waals surface area contributed by atoms with Crippen LogP contribution >= 0.6 is 23.2 Å². The van der Waals surface area contributed by atoms with E-state index in [4.69, 9.17) is 42.9 Å². The molecule has 1 saturated heterocycles. The standard InChI is InChI=1S/C12H15Cl2NO2.C4H4O4/c13-10-2-1-9(12(14)5-10)7-16-8-11-6-15-3-4-17-11;5-3(6)1-2-4(7)8/h1-2,5,11,15H,3-4,6-8H2;1-2H,(H,5,6)(H,7,8)/b;2-1-. The van der Waals surface area contributed by atoms with E-state index in [2.05, 4.69) is 5.32 Å². The Morgan fingerprint density at radius 2 is 1.96 bits per heavy atom. The minimum Gasteiger partial charge on any atom is -0.478 e. The molecule has 9 heteroatoms. The van der Waals surface area contributed by atoms with Crippen molar-refractivity contribution >= 4 is 35.1 Å². The maximum absolute atomic E-state index is 9.55. The van der Waals surface area contributed by atoms with E-state index in [1.165, 1.54) is 0 Å². The summed E-state index contributed by atoms with van der Waals surface area (Å²) in [6.45, 7) is 3.56. The lowest BCUT2D eigenvalue weighted by Crippen LogP contribution is -2.40. The molecule has 1 atom stereocenters. The van der Waals surface area contributed by atoms with Gasteiger partial charge in [-0.1, -0.05) is 29.3 Å². The SMILES string of the molecule is Clc1ccc(COCC2CNCCO2)c(Cl)c1.O=C(O)/C=C\C(=O)O. The van der Waals surface area contributed by atoms with E-state index in [1.54, 1.807) is 6.07 Å². The minimum absolute atomic E-state index is 0.134. The van der Waals surface area contributed by atoms with Crippen LogP contribution in [0.2, 0.25) is 10.0 Å². The summed E-state index contributed by atoms with van der Waals surface area (Å²) in [5.41, 5.74) is 0.944. The van der Waals surface area contributed by atoms with Crippen molar-refractivity contribution < 1.29 is 29.3 Å². The third-order valence-electron chi connectivity index (χ3n) is 2.95. The molecule has 1 fully saturated rings. The molecular formula is C16H19Cl2NO6. The Morgan fingerprint density at radius 1 is 1.28 bits per heavy atom. The van der Waals surface area contributed by atoms with Crippen molar-refractivity contribution in [3.05, 3.63) is 46.0 Å². The van der Waals surface area contributed by atoms with E-state index in [-0.39, 0.29) is 6.10 Å². The van der Waals surface area contributed by atoms with E-state index in [9.17, 15) is 9.59 Å². The number of nitrogens with one attached hydrogen (secondary N) is 1. The van der Waals surface area contributed by atoms with Gasteiger partial charge in [0.05, 0.1) is 25.9 Å². The van der Waals surface area contributed by atoms with Crippen LogP contribution in [-0.4, -0.2) is 54.6 Å². The maximum atomic E-state index is 9.55. The molecule has 138 valence electrons. The van der Waals surface area contributed by atoms with Crippen LogP contribution in [0.5, 0.6) is 0 Å². The van der Waals surface area contributed by atoms with Gasteiger partial charge in [-0.25, -0.2) is 9.59 Å². The third kappa shape index (κ3) is 10.1. The summed E-state index contributed by atoms with van der Waals surface area (Å²) in [5, 5.41) is 20.2. The molecule has 0 aliphatic carbocycles. The van der Waals surface area contributed by atoms with Crippen LogP contribution in [0.3, 0.4) is 0 Å². The molecule has 7 nitrogen and oxygen atoms in total. The Kier molecular flexibility index (Phi) is 10.1. The summed E-state index contributed by atoms with van der Waals surface area (Å²) >= 11 is 11.9. The van der Waals surface area contributed by atoms with Gasteiger partial charge in [0.2, 0.25) is 0 Å². The summed E-state index contributed by atoms with van der Waals surface area (Å²) in [6, 6.07) is 5.41. The molecule has 0 bridgehead atoms. The van der Waals surface area contributed by atoms with Gasteiger partial charge < -0.3 is 25.0 Å². The number of rotatable bonds is 6. The van der Waals surface area contributed by atoms with Crippen molar-refractivity contribution in [2.75, 3.05) is 26.3 Å². The number of halogens is 2. The van der Waals surface area contributed by atoms with Crippen LogP contribution in [0.1, 0.15) is 5.56 Å². The molecular weight excluding hydrogens is 373 g/mol. The third-order valence-corrected chi connectivity index (χ3v) is 3.54. The second kappa shape index (κ2) is 11.8. The Hall–Kier alpha value is -1.64. The Labute approximate surface area is 155 Å². The van der Waals surface area contributed by atoms with Crippen LogP contribution in [0.4, 0.5) is 0 Å². The summed E-state index contributed by atoms with van der Waals surface area (Å²) in [7, 11) is 0. The minimum atomic E-state index is -1.26. The first-order chi connectivity index (χ1) is 11.9. The summed E-state index contributed by atoms with van der Waals surface area (Å²) in [6.07, 6.45) is 1.25. The van der Waals surface area contributed by atoms with Crippen LogP contribution in [0, 0.1) is 0 Å². The second-order valence-corrected chi connectivity index (χ2v) is 5.80. The molecule has 1 aliphatic rings. The molecule has 1 aliphatic heterocycles. The fourth-order valence-corrected chi connectivity index (χ4v) is 2.27. The Bertz CT molecular complexity index is 586. The molecule has 1 heterocycles. The van der Waals surface area contributed by atoms with Crippen molar-refractivity contribution in [1.82, 2.24) is 5.32 Å². The highest BCUT2D eigenvalue weighted by Crippen LogP contribution is 2.21. The van der Waals surface area contributed by atoms with Crippen LogP contribution in [-0.2, 0) is 25.7 Å². The molecule has 1 aromatic rings. The van der Waals surface area contributed by atoms with E-state index in [1.807, 2.05) is 12.1 Å². The summed E-state index contributed by atoms with van der Waals surface area (Å²) < 4.78 is 11.1. The largest absolute Gasteiger partial charge is 0.478 e. The first kappa shape index (κ1) is 21.4. The summed E-state index contributed by atoms with van der Waals surface area (Å²) in [4.78, 5) is 19.1. The zero-order valence-corrected chi connectivity index (χ0v) is 14.8. The van der Waals surface area contributed by atoms with Gasteiger partial charge in [0.25, 0.3) is 0 Å². The molecule has 0 radical (unpaired) electrons. The van der Waals surface area contributed by atoms with Crippen molar-refractivity contribution in [3.63, 3.8) is 0 Å². The van der Waals surface area contributed by atoms with E-state index in [0.29, 0.717) is 35.4 Å². The quantitative estimate of drug-likeness (QED) is 0.638. The smallest absolute Gasteiger partial charge is 0.328 e. The highest BCUT2D eigenvalue weighted by Gasteiger charge is 2.13. The first-order valence-corrected chi connectivity index (χ1v) is 8.12. The van der Waals surface area contributed by atoms with Gasteiger partial charge in [-0.3, -0.25) is 0 Å². The van der Waals surface area contributed by atoms with Gasteiger partial charge in [0.15, 0.2) is 0 Å². The maximum Gasteiger partial charge on any atom is 0.328 e. The lowest BCUT2D eigenvalue weighted by Gasteiger charge is -2.23. The number of carboxylic acid groups (broad SMARTS) is 2. The van der Waals surface area contributed by atoms with Gasteiger partial charge in [-0.15, -0.1) is 0 Å². The molecule has 3 N–H and O–H groups in total. The highest BCUT2D eigenvalue weighted by molar-refractivity contribution is 6.35. The Morgan fingerprint density at radius 3 is 2.48 bits per heavy atom. The Balaban J connectivity index is 0.000000333. The normalized spacial score (nSPS) is 17.0. The van der Waals surface area contributed by atoms with Gasteiger partial charge in [-0.2, -0.15) is 0 Å². The number of hydrogen-bond acceptors (Lipinski definition) is 5.